The molecule has 6 nitrogen and oxygen atoms in total. The van der Waals surface area contributed by atoms with Crippen LogP contribution < -0.4 is 16.0 Å². The molecular formula is C18H25N5O. The molecule has 0 saturated carbocycles. The summed E-state index contributed by atoms with van der Waals surface area (Å²) >= 11 is 0. The zero-order chi connectivity index (χ0) is 18.3. The van der Waals surface area contributed by atoms with E-state index in [-0.39, 0.29) is 0 Å². The van der Waals surface area contributed by atoms with Crippen molar-refractivity contribution in [2.24, 2.45) is 10.7 Å². The molecule has 0 heterocycles. The predicted octanol–water partition coefficient (Wildman–Crippen LogP) is 2.89. The highest BCUT2D eigenvalue weighted by Gasteiger charge is 2.22. The number of amidine groups is 1. The molecule has 0 aromatic heterocycles. The lowest BCUT2D eigenvalue weighted by Gasteiger charge is -2.29. The number of aliphatic imine (C=N–C) groups is 1. The average Bonchev–Trinajstić information content (AvgIpc) is 2.55. The highest BCUT2D eigenvalue weighted by molar-refractivity contribution is 6.18. The molecule has 128 valence electrons. The van der Waals surface area contributed by atoms with Crippen LogP contribution in [0, 0.1) is 0 Å². The molecule has 24 heavy (non-hydrogen) atoms. The van der Waals surface area contributed by atoms with E-state index in [4.69, 9.17) is 5.73 Å². The van der Waals surface area contributed by atoms with Gasteiger partial charge < -0.3 is 16.0 Å². The summed E-state index contributed by atoms with van der Waals surface area (Å²) in [5.41, 5.74) is 9.46. The lowest BCUT2D eigenvalue weighted by Crippen LogP contribution is -2.37. The Labute approximate surface area is 143 Å². The summed E-state index contributed by atoms with van der Waals surface area (Å²) in [6.07, 6.45) is 2.08. The highest BCUT2D eigenvalue weighted by atomic mass is 16.1. The van der Waals surface area contributed by atoms with Crippen LogP contribution in [0.1, 0.15) is 13.8 Å². The molecule has 1 aromatic carbocycles. The minimum absolute atomic E-state index is 0.374. The van der Waals surface area contributed by atoms with Crippen LogP contribution in [0.4, 0.5) is 11.4 Å². The number of carbonyl (C=O) groups excluding carboxylic acids is 1. The number of rotatable bonds is 7. The molecule has 0 fully saturated rings. The van der Waals surface area contributed by atoms with E-state index < -0.39 is 0 Å². The van der Waals surface area contributed by atoms with Crippen LogP contribution in [0.3, 0.4) is 0 Å². The quantitative estimate of drug-likeness (QED) is 0.459. The van der Waals surface area contributed by atoms with Gasteiger partial charge >= 0.3 is 0 Å². The number of allylic oxidation sites excluding steroid dienone is 2. The van der Waals surface area contributed by atoms with Crippen molar-refractivity contribution in [3.63, 3.8) is 0 Å². The van der Waals surface area contributed by atoms with Gasteiger partial charge in [-0.2, -0.15) is 0 Å². The second-order valence-corrected chi connectivity index (χ2v) is 5.24. The third-order valence-corrected chi connectivity index (χ3v) is 3.45. The van der Waals surface area contributed by atoms with Crippen molar-refractivity contribution in [2.45, 2.75) is 13.8 Å². The molecule has 6 heteroatoms. The molecule has 0 aliphatic rings. The topological polar surface area (TPSA) is 74.0 Å². The van der Waals surface area contributed by atoms with E-state index in [1.165, 1.54) is 11.1 Å². The summed E-state index contributed by atoms with van der Waals surface area (Å²) in [6.45, 7) is 11.2. The standard InChI is InChI=1S/C18H25N5O/c1-7-21-18(17(14(4)19)22(6)13(2)3)23(12-24)16-10-8-9-15(11-16)20-5/h7-12,20H,1-2,19H2,3-6H3/b17-14-,21-18?. The van der Waals surface area contributed by atoms with Gasteiger partial charge in [-0.15, -0.1) is 0 Å². The number of anilines is 2. The maximum atomic E-state index is 11.8. The number of amides is 1. The van der Waals surface area contributed by atoms with Gasteiger partial charge in [0.05, 0.1) is 5.69 Å². The van der Waals surface area contributed by atoms with E-state index in [0.29, 0.717) is 29.3 Å². The zero-order valence-corrected chi connectivity index (χ0v) is 14.7. The van der Waals surface area contributed by atoms with Crippen LogP contribution >= 0.6 is 0 Å². The number of carbonyl (C=O) groups is 1. The Bertz CT molecular complexity index is 686. The molecule has 0 bridgehead atoms. The number of nitrogens with one attached hydrogen (secondary N) is 1. The molecule has 0 unspecified atom stereocenters. The molecule has 1 aromatic rings. The molecule has 0 aliphatic heterocycles. The molecule has 3 N–H and O–H groups in total. The first-order valence-corrected chi connectivity index (χ1v) is 7.44. The van der Waals surface area contributed by atoms with Gasteiger partial charge in [0.15, 0.2) is 5.84 Å². The van der Waals surface area contributed by atoms with E-state index in [0.717, 1.165) is 11.4 Å². The van der Waals surface area contributed by atoms with Crippen molar-refractivity contribution in [3.05, 3.63) is 60.7 Å². The van der Waals surface area contributed by atoms with Gasteiger partial charge in [0.1, 0.15) is 5.70 Å². The summed E-state index contributed by atoms with van der Waals surface area (Å²) in [7, 11) is 3.63. The number of likely N-dealkylation sites (N-methyl/N-ethyl adjacent to an activating group) is 1. The summed E-state index contributed by atoms with van der Waals surface area (Å²) < 4.78 is 0. The SMILES string of the molecule is C=CN=C(/C(=C(\C)N)N(C)C(=C)C)N(C=O)c1cccc(NC)c1. The number of nitrogens with two attached hydrogens (primary N) is 1. The summed E-state index contributed by atoms with van der Waals surface area (Å²) in [5, 5.41) is 3.05. The molecule has 0 spiro atoms. The van der Waals surface area contributed by atoms with E-state index in [2.05, 4.69) is 23.5 Å². The fourth-order valence-electron chi connectivity index (χ4n) is 2.15. The van der Waals surface area contributed by atoms with Crippen LogP contribution in [0.15, 0.2) is 65.7 Å². The van der Waals surface area contributed by atoms with Crippen LogP contribution in [0.2, 0.25) is 0 Å². The second-order valence-electron chi connectivity index (χ2n) is 5.24. The molecule has 0 radical (unpaired) electrons. The fraction of sp³-hybridized carbons (Fsp3) is 0.222. The van der Waals surface area contributed by atoms with E-state index >= 15 is 0 Å². The lowest BCUT2D eigenvalue weighted by atomic mass is 10.2. The van der Waals surface area contributed by atoms with E-state index in [1.54, 1.807) is 11.8 Å². The minimum Gasteiger partial charge on any atom is -0.400 e. The lowest BCUT2D eigenvalue weighted by molar-refractivity contribution is -0.106. The molecular weight excluding hydrogens is 302 g/mol. The number of hydrogen-bond donors (Lipinski definition) is 2. The normalized spacial score (nSPS) is 12.1. The third-order valence-electron chi connectivity index (χ3n) is 3.45. The van der Waals surface area contributed by atoms with Crippen molar-refractivity contribution in [1.29, 1.82) is 0 Å². The largest absolute Gasteiger partial charge is 0.400 e. The first-order chi connectivity index (χ1) is 11.4. The maximum Gasteiger partial charge on any atom is 0.219 e. The van der Waals surface area contributed by atoms with E-state index in [1.807, 2.05) is 45.3 Å². The van der Waals surface area contributed by atoms with Gasteiger partial charge in [-0.1, -0.05) is 19.2 Å². The first kappa shape index (κ1) is 19.0. The van der Waals surface area contributed by atoms with Gasteiger partial charge in [0, 0.05) is 37.4 Å². The summed E-state index contributed by atoms with van der Waals surface area (Å²) in [6, 6.07) is 7.42. The Morgan fingerprint density at radius 2 is 2.04 bits per heavy atom. The molecule has 0 atom stereocenters. The second kappa shape index (κ2) is 8.57. The smallest absolute Gasteiger partial charge is 0.219 e. The fourth-order valence-corrected chi connectivity index (χ4v) is 2.15. The molecule has 1 rings (SSSR count). The highest BCUT2D eigenvalue weighted by Crippen LogP contribution is 2.23. The Morgan fingerprint density at radius 1 is 1.38 bits per heavy atom. The van der Waals surface area contributed by atoms with Crippen molar-refractivity contribution >= 4 is 23.6 Å². The van der Waals surface area contributed by atoms with Gasteiger partial charge in [-0.05, 0) is 32.0 Å². The van der Waals surface area contributed by atoms with Crippen LogP contribution in [0.5, 0.6) is 0 Å². The van der Waals surface area contributed by atoms with Crippen molar-refractivity contribution in [1.82, 2.24) is 4.90 Å². The van der Waals surface area contributed by atoms with Crippen LogP contribution in [-0.4, -0.2) is 31.2 Å². The summed E-state index contributed by atoms with van der Waals surface area (Å²) in [4.78, 5) is 19.3. The number of benzene rings is 1. The number of nitrogens with zero attached hydrogens (tertiary/aromatic N) is 3. The molecule has 1 amide bonds. The van der Waals surface area contributed by atoms with Gasteiger partial charge in [-0.3, -0.25) is 9.69 Å². The minimum atomic E-state index is 0.374. The van der Waals surface area contributed by atoms with Crippen molar-refractivity contribution < 1.29 is 4.79 Å². The number of hydrogen-bond acceptors (Lipinski definition) is 5. The third kappa shape index (κ3) is 4.25. The van der Waals surface area contributed by atoms with Crippen molar-refractivity contribution in [3.8, 4) is 0 Å². The van der Waals surface area contributed by atoms with Gasteiger partial charge in [-0.25, -0.2) is 4.99 Å². The van der Waals surface area contributed by atoms with Gasteiger partial charge in [0.25, 0.3) is 0 Å². The predicted molar refractivity (Wildman–Crippen MR) is 102 cm³/mol. The summed E-state index contributed by atoms with van der Waals surface area (Å²) in [5.74, 6) is 0.374. The Morgan fingerprint density at radius 3 is 2.50 bits per heavy atom. The van der Waals surface area contributed by atoms with Gasteiger partial charge in [0.2, 0.25) is 6.41 Å². The van der Waals surface area contributed by atoms with Crippen LogP contribution in [-0.2, 0) is 4.79 Å². The Balaban J connectivity index is 3.52. The molecule has 0 saturated heterocycles. The van der Waals surface area contributed by atoms with Crippen LogP contribution in [0.25, 0.3) is 0 Å². The molecule has 0 aliphatic carbocycles. The monoisotopic (exact) mass is 327 g/mol. The first-order valence-electron chi connectivity index (χ1n) is 7.44. The maximum absolute atomic E-state index is 11.8. The van der Waals surface area contributed by atoms with E-state index in [9.17, 15) is 4.79 Å². The average molecular weight is 327 g/mol. The zero-order valence-electron chi connectivity index (χ0n) is 14.7. The van der Waals surface area contributed by atoms with Crippen molar-refractivity contribution in [2.75, 3.05) is 24.3 Å². The Hall–Kier alpha value is -3.02. The Kier molecular flexibility index (Phi) is 6.79.